The zero-order valence-corrected chi connectivity index (χ0v) is 14.2. The van der Waals surface area contributed by atoms with Crippen LogP contribution in [-0.4, -0.2) is 33.1 Å². The van der Waals surface area contributed by atoms with Crippen molar-refractivity contribution >= 4 is 17.7 Å². The predicted molar refractivity (Wildman–Crippen MR) is 95.1 cm³/mol. The molecule has 3 aromatic rings. The number of hydrogen-bond acceptors (Lipinski definition) is 6. The Kier molecular flexibility index (Phi) is 4.90. The first-order valence-corrected chi connectivity index (χ1v) is 8.37. The SMILES string of the molecule is COc1cccc(-c2nnc(SCc3ccc(C(=O)O)cc3)n2N)c1. The summed E-state index contributed by atoms with van der Waals surface area (Å²) in [5.41, 5.74) is 2.05. The average Bonchev–Trinajstić information content (AvgIpc) is 3.01. The molecule has 0 radical (unpaired) electrons. The molecule has 1 heterocycles. The van der Waals surface area contributed by atoms with Crippen LogP contribution in [0.5, 0.6) is 5.75 Å². The van der Waals surface area contributed by atoms with Crippen molar-refractivity contribution in [3.8, 4) is 17.1 Å². The molecular formula is C17H16N4O3S. The second-order valence-corrected chi connectivity index (χ2v) is 6.14. The number of nitrogens with two attached hydrogens (primary N) is 1. The van der Waals surface area contributed by atoms with E-state index in [-0.39, 0.29) is 5.56 Å². The Bertz CT molecular complexity index is 893. The molecule has 0 fully saturated rings. The Morgan fingerprint density at radius 1 is 1.24 bits per heavy atom. The van der Waals surface area contributed by atoms with Crippen molar-refractivity contribution < 1.29 is 14.6 Å². The Balaban J connectivity index is 1.74. The molecule has 25 heavy (non-hydrogen) atoms. The van der Waals surface area contributed by atoms with Crippen molar-refractivity contribution in [2.45, 2.75) is 10.9 Å². The van der Waals surface area contributed by atoms with E-state index in [2.05, 4.69) is 10.2 Å². The molecule has 1 aromatic heterocycles. The molecule has 0 atom stereocenters. The van der Waals surface area contributed by atoms with Crippen molar-refractivity contribution in [2.75, 3.05) is 13.0 Å². The maximum absolute atomic E-state index is 10.9. The highest BCUT2D eigenvalue weighted by molar-refractivity contribution is 7.98. The van der Waals surface area contributed by atoms with Gasteiger partial charge in [0.05, 0.1) is 12.7 Å². The van der Waals surface area contributed by atoms with Gasteiger partial charge in [0, 0.05) is 11.3 Å². The second kappa shape index (κ2) is 7.27. The number of carbonyl (C=O) groups is 1. The van der Waals surface area contributed by atoms with Crippen molar-refractivity contribution in [2.24, 2.45) is 0 Å². The molecular weight excluding hydrogens is 340 g/mol. The Labute approximate surface area is 148 Å². The van der Waals surface area contributed by atoms with Crippen molar-refractivity contribution in [1.29, 1.82) is 0 Å². The third-order valence-corrected chi connectivity index (χ3v) is 4.58. The topological polar surface area (TPSA) is 103 Å². The molecule has 8 heteroatoms. The fraction of sp³-hybridized carbons (Fsp3) is 0.118. The molecule has 0 saturated heterocycles. The lowest BCUT2D eigenvalue weighted by molar-refractivity contribution is 0.0697. The number of benzene rings is 2. The number of nitrogens with zero attached hydrogens (tertiary/aromatic N) is 3. The average molecular weight is 356 g/mol. The van der Waals surface area contributed by atoms with E-state index in [9.17, 15) is 4.79 Å². The number of carboxylic acids is 1. The van der Waals surface area contributed by atoms with Gasteiger partial charge in [-0.2, -0.15) is 0 Å². The summed E-state index contributed by atoms with van der Waals surface area (Å²) in [7, 11) is 1.60. The standard InChI is InChI=1S/C17H16N4O3S/c1-24-14-4-2-3-13(9-14)15-19-20-17(21(15)18)25-10-11-5-7-12(8-6-11)16(22)23/h2-9H,10,18H2,1H3,(H,22,23). The zero-order valence-electron chi connectivity index (χ0n) is 13.4. The fourth-order valence-electron chi connectivity index (χ4n) is 2.23. The quantitative estimate of drug-likeness (QED) is 0.517. The van der Waals surface area contributed by atoms with Crippen LogP contribution in [0, 0.1) is 0 Å². The summed E-state index contributed by atoms with van der Waals surface area (Å²) < 4.78 is 6.65. The summed E-state index contributed by atoms with van der Waals surface area (Å²) in [6.45, 7) is 0. The predicted octanol–water partition coefficient (Wildman–Crippen LogP) is 2.66. The largest absolute Gasteiger partial charge is 0.497 e. The van der Waals surface area contributed by atoms with Crippen LogP contribution < -0.4 is 10.6 Å². The number of ether oxygens (including phenoxy) is 1. The number of thioether (sulfide) groups is 1. The number of aromatic carboxylic acids is 1. The molecule has 0 saturated carbocycles. The molecule has 0 bridgehead atoms. The number of hydrogen-bond donors (Lipinski definition) is 2. The first-order valence-electron chi connectivity index (χ1n) is 7.38. The van der Waals surface area contributed by atoms with E-state index < -0.39 is 5.97 Å². The normalized spacial score (nSPS) is 10.6. The van der Waals surface area contributed by atoms with Gasteiger partial charge in [-0.25, -0.2) is 9.47 Å². The van der Waals surface area contributed by atoms with Crippen molar-refractivity contribution in [1.82, 2.24) is 14.9 Å². The summed E-state index contributed by atoms with van der Waals surface area (Å²) in [5, 5.41) is 17.8. The van der Waals surface area contributed by atoms with Gasteiger partial charge in [0.2, 0.25) is 5.16 Å². The highest BCUT2D eigenvalue weighted by atomic mass is 32.2. The first kappa shape index (κ1) is 16.8. The lowest BCUT2D eigenvalue weighted by atomic mass is 10.1. The maximum Gasteiger partial charge on any atom is 0.335 e. The van der Waals surface area contributed by atoms with Crippen LogP contribution in [0.15, 0.2) is 53.7 Å². The molecule has 0 spiro atoms. The van der Waals surface area contributed by atoms with Crippen LogP contribution in [0.2, 0.25) is 0 Å². The van der Waals surface area contributed by atoms with Crippen molar-refractivity contribution in [3.05, 3.63) is 59.7 Å². The van der Waals surface area contributed by atoms with Gasteiger partial charge in [0.15, 0.2) is 5.82 Å². The first-order chi connectivity index (χ1) is 12.1. The number of nitrogen functional groups attached to an aromatic ring is 1. The van der Waals surface area contributed by atoms with Crippen LogP contribution in [0.25, 0.3) is 11.4 Å². The van der Waals surface area contributed by atoms with Crippen LogP contribution in [0.4, 0.5) is 0 Å². The van der Waals surface area contributed by atoms with Gasteiger partial charge in [0.1, 0.15) is 5.75 Å². The van der Waals surface area contributed by atoms with Crippen LogP contribution >= 0.6 is 11.8 Å². The van der Waals surface area contributed by atoms with Crippen LogP contribution in [0.1, 0.15) is 15.9 Å². The minimum atomic E-state index is -0.941. The number of aromatic nitrogens is 3. The molecule has 0 aliphatic rings. The molecule has 128 valence electrons. The van der Waals surface area contributed by atoms with Gasteiger partial charge in [-0.15, -0.1) is 10.2 Å². The Hall–Kier alpha value is -3.00. The molecule has 0 aliphatic carbocycles. The lowest BCUT2D eigenvalue weighted by Crippen LogP contribution is -2.11. The molecule has 0 amide bonds. The molecule has 2 aromatic carbocycles. The van der Waals surface area contributed by atoms with E-state index in [0.29, 0.717) is 22.5 Å². The summed E-state index contributed by atoms with van der Waals surface area (Å²) >= 11 is 1.43. The van der Waals surface area contributed by atoms with Crippen molar-refractivity contribution in [3.63, 3.8) is 0 Å². The number of methoxy groups -OCH3 is 1. The second-order valence-electron chi connectivity index (χ2n) is 5.20. The summed E-state index contributed by atoms with van der Waals surface area (Å²) in [6, 6.07) is 14.1. The third kappa shape index (κ3) is 3.74. The molecule has 0 unspecified atom stereocenters. The highest BCUT2D eigenvalue weighted by Crippen LogP contribution is 2.26. The van der Waals surface area contributed by atoms with E-state index in [1.165, 1.54) is 16.4 Å². The van der Waals surface area contributed by atoms with Gasteiger partial charge < -0.3 is 15.7 Å². The summed E-state index contributed by atoms with van der Waals surface area (Å²) in [6.07, 6.45) is 0. The molecule has 3 rings (SSSR count). The van der Waals surface area contributed by atoms with Gasteiger partial charge >= 0.3 is 5.97 Å². The Morgan fingerprint density at radius 3 is 2.68 bits per heavy atom. The van der Waals surface area contributed by atoms with Gasteiger partial charge in [-0.3, -0.25) is 0 Å². The van der Waals surface area contributed by atoms with E-state index in [4.69, 9.17) is 15.7 Å². The van der Waals surface area contributed by atoms with Gasteiger partial charge in [-0.05, 0) is 29.8 Å². The maximum atomic E-state index is 10.9. The third-order valence-electron chi connectivity index (χ3n) is 3.56. The Morgan fingerprint density at radius 2 is 2.00 bits per heavy atom. The summed E-state index contributed by atoms with van der Waals surface area (Å²) in [4.78, 5) is 10.9. The monoisotopic (exact) mass is 356 g/mol. The van der Waals surface area contributed by atoms with E-state index in [0.717, 1.165) is 11.1 Å². The van der Waals surface area contributed by atoms with Crippen LogP contribution in [0.3, 0.4) is 0 Å². The minimum Gasteiger partial charge on any atom is -0.497 e. The zero-order chi connectivity index (χ0) is 17.8. The number of rotatable bonds is 6. The molecule has 3 N–H and O–H groups in total. The van der Waals surface area contributed by atoms with E-state index in [1.807, 2.05) is 24.3 Å². The molecule has 0 aliphatic heterocycles. The van der Waals surface area contributed by atoms with E-state index >= 15 is 0 Å². The lowest BCUT2D eigenvalue weighted by Gasteiger charge is -2.05. The highest BCUT2D eigenvalue weighted by Gasteiger charge is 2.13. The fourth-order valence-corrected chi connectivity index (χ4v) is 3.04. The van der Waals surface area contributed by atoms with Gasteiger partial charge in [-0.1, -0.05) is 36.0 Å². The van der Waals surface area contributed by atoms with Gasteiger partial charge in [0.25, 0.3) is 0 Å². The minimum absolute atomic E-state index is 0.260. The van der Waals surface area contributed by atoms with E-state index in [1.54, 1.807) is 31.4 Å². The van der Waals surface area contributed by atoms with Crippen LogP contribution in [-0.2, 0) is 5.75 Å². The smallest absolute Gasteiger partial charge is 0.335 e. The number of carboxylic acid groups (broad SMARTS) is 1. The molecule has 7 nitrogen and oxygen atoms in total. The summed E-state index contributed by atoms with van der Waals surface area (Å²) in [5.74, 6) is 7.03.